The van der Waals surface area contributed by atoms with Crippen LogP contribution in [0.5, 0.6) is 5.75 Å². The molecule has 1 aromatic rings. The van der Waals surface area contributed by atoms with E-state index < -0.39 is 91.2 Å². The second-order valence-electron chi connectivity index (χ2n) is 8.84. The van der Waals surface area contributed by atoms with Gasteiger partial charge in [-0.25, -0.2) is 0 Å². The predicted octanol–water partition coefficient (Wildman–Crippen LogP) is -3.11. The van der Waals surface area contributed by atoms with E-state index in [1.165, 1.54) is 31.2 Å². The van der Waals surface area contributed by atoms with Crippen molar-refractivity contribution in [2.75, 3.05) is 13.2 Å². The van der Waals surface area contributed by atoms with Gasteiger partial charge in [-0.3, -0.25) is 19.7 Å². The third-order valence-electron chi connectivity index (χ3n) is 6.06. The normalized spacial score (nSPS) is 35.2. The topological polar surface area (TPSA) is 239 Å². The summed E-state index contributed by atoms with van der Waals surface area (Å²) >= 11 is 0. The lowest BCUT2D eigenvalue weighted by Gasteiger charge is -2.48. The standard InChI is InChI=1S/C22H31N3O13/c1-9(28)23-15-18(31)17(30)13(7-26)36-22(15)38-20-14(8-27)37-21(16(19(20)32)24-10(2)29)35-12-5-3-11(4-6-12)25(33)34/h3-6,13-22,26-27,30-32H,7-8H2,1-2H3,(H,23,28)(H,24,29)/t13-,14+,15+,16-,17-,18-,19+,20-,21+,22+/m1/s1. The molecule has 2 amide bonds. The van der Waals surface area contributed by atoms with Crippen LogP contribution < -0.4 is 15.4 Å². The smallest absolute Gasteiger partial charge is 0.269 e. The molecule has 0 aliphatic carbocycles. The van der Waals surface area contributed by atoms with E-state index in [1.54, 1.807) is 0 Å². The van der Waals surface area contributed by atoms with E-state index in [9.17, 15) is 45.2 Å². The Morgan fingerprint density at radius 2 is 1.42 bits per heavy atom. The van der Waals surface area contributed by atoms with Crippen molar-refractivity contribution in [2.45, 2.75) is 75.1 Å². The number of nitrogens with zero attached hydrogens (tertiary/aromatic N) is 1. The number of benzene rings is 1. The first-order valence-corrected chi connectivity index (χ1v) is 11.6. The number of nitro benzene ring substituents is 1. The fourth-order valence-electron chi connectivity index (χ4n) is 4.25. The molecule has 2 saturated heterocycles. The molecule has 16 heteroatoms. The monoisotopic (exact) mass is 545 g/mol. The van der Waals surface area contributed by atoms with Crippen LogP contribution in [-0.4, -0.2) is 117 Å². The van der Waals surface area contributed by atoms with E-state index in [-0.39, 0.29) is 11.4 Å². The van der Waals surface area contributed by atoms with Crippen molar-refractivity contribution in [3.63, 3.8) is 0 Å². The lowest BCUT2D eigenvalue weighted by molar-refractivity contribution is -0.384. The van der Waals surface area contributed by atoms with Gasteiger partial charge in [0.1, 0.15) is 54.5 Å². The van der Waals surface area contributed by atoms with Crippen LogP contribution in [0.15, 0.2) is 24.3 Å². The zero-order valence-electron chi connectivity index (χ0n) is 20.4. The van der Waals surface area contributed by atoms with Crippen LogP contribution in [0.3, 0.4) is 0 Å². The average Bonchev–Trinajstić information content (AvgIpc) is 2.86. The number of rotatable bonds is 9. The van der Waals surface area contributed by atoms with Crippen LogP contribution >= 0.6 is 0 Å². The Bertz CT molecular complexity index is 980. The number of aliphatic hydroxyl groups excluding tert-OH is 5. The van der Waals surface area contributed by atoms with Gasteiger partial charge >= 0.3 is 0 Å². The van der Waals surface area contributed by atoms with Crippen molar-refractivity contribution in [1.82, 2.24) is 10.6 Å². The molecule has 16 nitrogen and oxygen atoms in total. The van der Waals surface area contributed by atoms with Gasteiger partial charge in [0, 0.05) is 26.0 Å². The highest BCUT2D eigenvalue weighted by Crippen LogP contribution is 2.31. The number of nitrogens with one attached hydrogen (secondary N) is 2. The summed E-state index contributed by atoms with van der Waals surface area (Å²) in [4.78, 5) is 33.9. The number of ether oxygens (including phenoxy) is 4. The first kappa shape index (κ1) is 29.6. The molecule has 2 aliphatic rings. The lowest BCUT2D eigenvalue weighted by atomic mass is 9.94. The van der Waals surface area contributed by atoms with E-state index in [0.717, 1.165) is 6.92 Å². The Balaban J connectivity index is 1.86. The minimum atomic E-state index is -1.63. The number of hydrogen-bond donors (Lipinski definition) is 7. The Morgan fingerprint density at radius 3 is 1.92 bits per heavy atom. The molecule has 212 valence electrons. The molecule has 3 rings (SSSR count). The fourth-order valence-corrected chi connectivity index (χ4v) is 4.25. The molecule has 7 N–H and O–H groups in total. The first-order chi connectivity index (χ1) is 18.0. The SMILES string of the molecule is CC(=O)N[C@@H]1[C@H](O[C@H]2[C@@H](O)[C@@H](NC(C)=O)[C@@H](Oc3ccc([N+](=O)[O-])cc3)O[C@H]2CO)O[C@H](CO)[C@@H](O)[C@@H]1O. The number of nitro groups is 1. The predicted molar refractivity (Wildman–Crippen MR) is 123 cm³/mol. The van der Waals surface area contributed by atoms with Gasteiger partial charge in [-0.1, -0.05) is 0 Å². The summed E-state index contributed by atoms with van der Waals surface area (Å²) in [5.74, 6) is -1.09. The van der Waals surface area contributed by atoms with E-state index in [0.29, 0.717) is 0 Å². The first-order valence-electron chi connectivity index (χ1n) is 11.6. The molecule has 0 saturated carbocycles. The molecule has 0 spiro atoms. The van der Waals surface area contributed by atoms with Crippen LogP contribution in [0, 0.1) is 10.1 Å². The highest BCUT2D eigenvalue weighted by Gasteiger charge is 2.52. The highest BCUT2D eigenvalue weighted by molar-refractivity contribution is 5.73. The number of hydrogen-bond acceptors (Lipinski definition) is 13. The Hall–Kier alpha value is -2.96. The number of aliphatic hydroxyl groups is 5. The Morgan fingerprint density at radius 1 is 0.895 bits per heavy atom. The lowest BCUT2D eigenvalue weighted by Crippen LogP contribution is -2.69. The van der Waals surface area contributed by atoms with Crippen molar-refractivity contribution in [3.8, 4) is 5.75 Å². The number of carbonyl (C=O) groups is 2. The van der Waals surface area contributed by atoms with Crippen molar-refractivity contribution in [3.05, 3.63) is 34.4 Å². The minimum absolute atomic E-state index is 0.100. The molecule has 10 atom stereocenters. The summed E-state index contributed by atoms with van der Waals surface area (Å²) in [6, 6.07) is 2.29. The van der Waals surface area contributed by atoms with Gasteiger partial charge in [-0.05, 0) is 12.1 Å². The molecule has 2 aliphatic heterocycles. The van der Waals surface area contributed by atoms with Crippen molar-refractivity contribution >= 4 is 17.5 Å². The molecule has 38 heavy (non-hydrogen) atoms. The van der Waals surface area contributed by atoms with E-state index >= 15 is 0 Å². The Kier molecular flexibility index (Phi) is 9.91. The molecule has 1 aromatic carbocycles. The average molecular weight is 545 g/mol. The number of amides is 2. The van der Waals surface area contributed by atoms with Gasteiger partial charge in [-0.15, -0.1) is 0 Å². The van der Waals surface area contributed by atoms with Crippen molar-refractivity contribution in [2.24, 2.45) is 0 Å². The van der Waals surface area contributed by atoms with Crippen LogP contribution in [0.25, 0.3) is 0 Å². The third kappa shape index (κ3) is 6.72. The van der Waals surface area contributed by atoms with Crippen molar-refractivity contribution in [1.29, 1.82) is 0 Å². The van der Waals surface area contributed by atoms with E-state index in [4.69, 9.17) is 18.9 Å². The third-order valence-corrected chi connectivity index (χ3v) is 6.06. The molecular weight excluding hydrogens is 514 g/mol. The summed E-state index contributed by atoms with van der Waals surface area (Å²) in [7, 11) is 0. The van der Waals surface area contributed by atoms with Gasteiger partial charge in [0.15, 0.2) is 6.29 Å². The van der Waals surface area contributed by atoms with E-state index in [2.05, 4.69) is 10.6 Å². The molecule has 2 heterocycles. The zero-order chi connectivity index (χ0) is 28.1. The highest BCUT2D eigenvalue weighted by atomic mass is 16.7. The Labute approximate surface area is 216 Å². The van der Waals surface area contributed by atoms with Crippen molar-refractivity contribution < 1.29 is 59.0 Å². The van der Waals surface area contributed by atoms with E-state index in [1.807, 2.05) is 0 Å². The molecule has 0 aromatic heterocycles. The maximum absolute atomic E-state index is 11.9. The minimum Gasteiger partial charge on any atom is -0.463 e. The van der Waals surface area contributed by atoms with Crippen LogP contribution in [0.2, 0.25) is 0 Å². The van der Waals surface area contributed by atoms with Crippen LogP contribution in [0.4, 0.5) is 5.69 Å². The molecule has 0 radical (unpaired) electrons. The largest absolute Gasteiger partial charge is 0.463 e. The second-order valence-corrected chi connectivity index (χ2v) is 8.84. The molecular formula is C22H31N3O13. The van der Waals surface area contributed by atoms with Gasteiger partial charge in [0.25, 0.3) is 5.69 Å². The summed E-state index contributed by atoms with van der Waals surface area (Å²) in [6.07, 6.45) is -11.8. The summed E-state index contributed by atoms with van der Waals surface area (Å²) < 4.78 is 22.8. The van der Waals surface area contributed by atoms with Gasteiger partial charge in [-0.2, -0.15) is 0 Å². The summed E-state index contributed by atoms with van der Waals surface area (Å²) in [6.45, 7) is 0.888. The van der Waals surface area contributed by atoms with Crippen LogP contribution in [0.1, 0.15) is 13.8 Å². The second kappa shape index (κ2) is 12.7. The summed E-state index contributed by atoms with van der Waals surface area (Å²) in [5, 5.41) is 67.2. The molecule has 2 fully saturated rings. The number of carbonyl (C=O) groups excluding carboxylic acids is 2. The van der Waals surface area contributed by atoms with Gasteiger partial charge in [0.05, 0.1) is 18.1 Å². The fraction of sp³-hybridized carbons (Fsp3) is 0.636. The summed E-state index contributed by atoms with van der Waals surface area (Å²) in [5.41, 5.74) is -0.197. The maximum atomic E-state index is 11.9. The maximum Gasteiger partial charge on any atom is 0.269 e. The zero-order valence-corrected chi connectivity index (χ0v) is 20.4. The van der Waals surface area contributed by atoms with Crippen LogP contribution in [-0.2, 0) is 23.8 Å². The number of non-ortho nitro benzene ring substituents is 1. The van der Waals surface area contributed by atoms with Gasteiger partial charge in [0.2, 0.25) is 18.1 Å². The van der Waals surface area contributed by atoms with Gasteiger partial charge < -0.3 is 55.1 Å². The quantitative estimate of drug-likeness (QED) is 0.120. The molecule has 0 unspecified atom stereocenters. The molecule has 0 bridgehead atoms.